The number of aliphatic hydroxyl groups excluding tert-OH is 1. The molecule has 0 spiro atoms. The molecule has 0 amide bonds. The zero-order valence-electron chi connectivity index (χ0n) is 9.82. The van der Waals surface area contributed by atoms with Crippen LogP contribution in [0.3, 0.4) is 0 Å². The minimum Gasteiger partial charge on any atom is -0.461 e. The third-order valence-corrected chi connectivity index (χ3v) is 2.50. The van der Waals surface area contributed by atoms with Crippen molar-refractivity contribution in [1.82, 2.24) is 0 Å². The molecule has 0 aliphatic carbocycles. The van der Waals surface area contributed by atoms with Crippen LogP contribution < -0.4 is 0 Å². The van der Waals surface area contributed by atoms with Crippen molar-refractivity contribution in [3.05, 3.63) is 66.1 Å². The molecular weight excluding hydrogens is 228 g/mol. The van der Waals surface area contributed by atoms with Crippen LogP contribution in [0.25, 0.3) is 6.08 Å². The molecule has 18 heavy (non-hydrogen) atoms. The van der Waals surface area contributed by atoms with E-state index in [1.165, 1.54) is 6.26 Å². The Morgan fingerprint density at radius 3 is 2.67 bits per heavy atom. The maximum atomic E-state index is 11.6. The van der Waals surface area contributed by atoms with Crippen LogP contribution >= 0.6 is 0 Å². The molecule has 0 radical (unpaired) electrons. The van der Waals surface area contributed by atoms with Gasteiger partial charge in [-0.2, -0.15) is 0 Å². The van der Waals surface area contributed by atoms with E-state index in [0.29, 0.717) is 0 Å². The van der Waals surface area contributed by atoms with Crippen molar-refractivity contribution in [1.29, 1.82) is 0 Å². The fourth-order valence-corrected chi connectivity index (χ4v) is 1.58. The van der Waals surface area contributed by atoms with Gasteiger partial charge in [-0.1, -0.05) is 42.5 Å². The fraction of sp³-hybridized carbons (Fsp3) is 0.133. The topological polar surface area (TPSA) is 50.4 Å². The van der Waals surface area contributed by atoms with Gasteiger partial charge in [0.2, 0.25) is 5.78 Å². The summed E-state index contributed by atoms with van der Waals surface area (Å²) in [6.07, 6.45) is 4.06. The number of furan rings is 1. The average molecular weight is 242 g/mol. The maximum absolute atomic E-state index is 11.6. The van der Waals surface area contributed by atoms with Crippen molar-refractivity contribution >= 4 is 11.9 Å². The van der Waals surface area contributed by atoms with Crippen LogP contribution in [0.5, 0.6) is 0 Å². The molecule has 2 rings (SSSR count). The minimum absolute atomic E-state index is 0.0246. The Kier molecular flexibility index (Phi) is 4.10. The molecular formula is C15H14O3. The van der Waals surface area contributed by atoms with Crippen LogP contribution in [-0.4, -0.2) is 17.0 Å². The second-order valence-corrected chi connectivity index (χ2v) is 3.94. The highest BCUT2D eigenvalue weighted by Crippen LogP contribution is 2.09. The summed E-state index contributed by atoms with van der Waals surface area (Å²) in [5.41, 5.74) is 0.988. The summed E-state index contributed by atoms with van der Waals surface area (Å²) in [5, 5.41) is 9.73. The van der Waals surface area contributed by atoms with Gasteiger partial charge in [0.1, 0.15) is 0 Å². The van der Waals surface area contributed by atoms with Crippen LogP contribution in [0.2, 0.25) is 0 Å². The van der Waals surface area contributed by atoms with E-state index in [4.69, 9.17) is 4.42 Å². The molecule has 0 aliphatic rings. The first-order valence-corrected chi connectivity index (χ1v) is 5.74. The highest BCUT2D eigenvalue weighted by Gasteiger charge is 2.12. The van der Waals surface area contributed by atoms with Gasteiger partial charge in [0, 0.05) is 6.42 Å². The number of aliphatic hydroxyl groups is 1. The average Bonchev–Trinajstić information content (AvgIpc) is 2.91. The van der Waals surface area contributed by atoms with Gasteiger partial charge in [-0.05, 0) is 17.7 Å². The molecule has 0 saturated carbocycles. The molecule has 0 aliphatic heterocycles. The summed E-state index contributed by atoms with van der Waals surface area (Å²) in [6.45, 7) is 0. The molecule has 92 valence electrons. The summed E-state index contributed by atoms with van der Waals surface area (Å²) in [5.74, 6) is 0.0763. The van der Waals surface area contributed by atoms with Crippen LogP contribution in [-0.2, 0) is 0 Å². The van der Waals surface area contributed by atoms with Gasteiger partial charge in [0.05, 0.1) is 12.4 Å². The standard InChI is InChI=1S/C15H14O3/c16-13(9-8-12-5-2-1-3-6-12)11-14(17)15-7-4-10-18-15/h1-10,13,16H,11H2/b9-8+. The second kappa shape index (κ2) is 5.98. The quantitative estimate of drug-likeness (QED) is 0.820. The SMILES string of the molecule is O=C(CC(O)/C=C/c1ccccc1)c1ccco1. The zero-order chi connectivity index (χ0) is 12.8. The van der Waals surface area contributed by atoms with Crippen molar-refractivity contribution in [2.45, 2.75) is 12.5 Å². The number of hydrogen-bond acceptors (Lipinski definition) is 3. The third kappa shape index (κ3) is 3.43. The van der Waals surface area contributed by atoms with E-state index in [1.54, 1.807) is 24.3 Å². The molecule has 1 N–H and O–H groups in total. The fourth-order valence-electron chi connectivity index (χ4n) is 1.58. The number of benzene rings is 1. The van der Waals surface area contributed by atoms with Gasteiger partial charge in [-0.3, -0.25) is 4.79 Å². The molecule has 3 nitrogen and oxygen atoms in total. The Hall–Kier alpha value is -2.13. The van der Waals surface area contributed by atoms with Gasteiger partial charge in [-0.25, -0.2) is 0 Å². The Balaban J connectivity index is 1.91. The van der Waals surface area contributed by atoms with E-state index in [9.17, 15) is 9.90 Å². The first-order chi connectivity index (χ1) is 8.75. The summed E-state index contributed by atoms with van der Waals surface area (Å²) in [7, 11) is 0. The maximum Gasteiger partial charge on any atom is 0.200 e. The minimum atomic E-state index is -0.803. The lowest BCUT2D eigenvalue weighted by atomic mass is 10.1. The lowest BCUT2D eigenvalue weighted by molar-refractivity contribution is 0.0896. The van der Waals surface area contributed by atoms with Gasteiger partial charge >= 0.3 is 0 Å². The van der Waals surface area contributed by atoms with E-state index in [0.717, 1.165) is 5.56 Å². The zero-order valence-corrected chi connectivity index (χ0v) is 9.82. The molecule has 1 aromatic carbocycles. The van der Waals surface area contributed by atoms with E-state index < -0.39 is 6.10 Å². The number of carbonyl (C=O) groups is 1. The van der Waals surface area contributed by atoms with E-state index in [2.05, 4.69) is 0 Å². The van der Waals surface area contributed by atoms with Crippen molar-refractivity contribution in [2.24, 2.45) is 0 Å². The summed E-state index contributed by atoms with van der Waals surface area (Å²) >= 11 is 0. The summed E-state index contributed by atoms with van der Waals surface area (Å²) in [6, 6.07) is 12.9. The Bertz CT molecular complexity index is 512. The Labute approximate surface area is 105 Å². The van der Waals surface area contributed by atoms with Crippen LogP contribution in [0, 0.1) is 0 Å². The molecule has 0 bridgehead atoms. The third-order valence-electron chi connectivity index (χ3n) is 2.50. The van der Waals surface area contributed by atoms with Crippen molar-refractivity contribution < 1.29 is 14.3 Å². The highest BCUT2D eigenvalue weighted by atomic mass is 16.3. The van der Waals surface area contributed by atoms with Gasteiger partial charge < -0.3 is 9.52 Å². The molecule has 0 saturated heterocycles. The first-order valence-electron chi connectivity index (χ1n) is 5.74. The van der Waals surface area contributed by atoms with Crippen LogP contribution in [0.4, 0.5) is 0 Å². The number of hydrogen-bond donors (Lipinski definition) is 1. The lowest BCUT2D eigenvalue weighted by Crippen LogP contribution is -2.10. The second-order valence-electron chi connectivity index (χ2n) is 3.94. The Morgan fingerprint density at radius 1 is 1.22 bits per heavy atom. The normalized spacial score (nSPS) is 12.7. The predicted octanol–water partition coefficient (Wildman–Crippen LogP) is 2.93. The van der Waals surface area contributed by atoms with Crippen molar-refractivity contribution in [3.8, 4) is 0 Å². The van der Waals surface area contributed by atoms with Gasteiger partial charge in [-0.15, -0.1) is 0 Å². The molecule has 0 fully saturated rings. The number of rotatable bonds is 5. The smallest absolute Gasteiger partial charge is 0.200 e. The van der Waals surface area contributed by atoms with Crippen molar-refractivity contribution in [2.75, 3.05) is 0 Å². The molecule has 3 heteroatoms. The van der Waals surface area contributed by atoms with Crippen LogP contribution in [0.15, 0.2) is 59.2 Å². The highest BCUT2D eigenvalue weighted by molar-refractivity contribution is 5.93. The predicted molar refractivity (Wildman–Crippen MR) is 69.1 cm³/mol. The van der Waals surface area contributed by atoms with E-state index in [-0.39, 0.29) is 18.0 Å². The van der Waals surface area contributed by atoms with E-state index >= 15 is 0 Å². The summed E-state index contributed by atoms with van der Waals surface area (Å²) in [4.78, 5) is 11.6. The lowest BCUT2D eigenvalue weighted by Gasteiger charge is -2.02. The Morgan fingerprint density at radius 2 is 2.00 bits per heavy atom. The molecule has 1 heterocycles. The van der Waals surface area contributed by atoms with Gasteiger partial charge in [0.15, 0.2) is 5.76 Å². The monoisotopic (exact) mass is 242 g/mol. The molecule has 1 unspecified atom stereocenters. The number of ketones is 1. The van der Waals surface area contributed by atoms with Crippen molar-refractivity contribution in [3.63, 3.8) is 0 Å². The molecule has 2 aromatic rings. The van der Waals surface area contributed by atoms with E-state index in [1.807, 2.05) is 30.3 Å². The summed E-state index contributed by atoms with van der Waals surface area (Å²) < 4.78 is 4.97. The largest absolute Gasteiger partial charge is 0.461 e. The first kappa shape index (κ1) is 12.3. The number of carbonyl (C=O) groups excluding carboxylic acids is 1. The molecule has 1 atom stereocenters. The number of Topliss-reactive ketones (excluding diaryl/α,β-unsaturated/α-hetero) is 1. The van der Waals surface area contributed by atoms with Gasteiger partial charge in [0.25, 0.3) is 0 Å². The molecule has 1 aromatic heterocycles. The van der Waals surface area contributed by atoms with Crippen LogP contribution in [0.1, 0.15) is 22.5 Å².